The summed E-state index contributed by atoms with van der Waals surface area (Å²) in [4.78, 5) is 11.6. The fourth-order valence-electron chi connectivity index (χ4n) is 3.23. The van der Waals surface area contributed by atoms with Crippen LogP contribution in [0.4, 0.5) is 0 Å². The van der Waals surface area contributed by atoms with Gasteiger partial charge in [0.1, 0.15) is 11.5 Å². The maximum Gasteiger partial charge on any atom is 1.00 e. The Balaban J connectivity index is 0.00000196. The zero-order valence-electron chi connectivity index (χ0n) is 13.8. The van der Waals surface area contributed by atoms with E-state index in [1.165, 1.54) is 6.07 Å². The molecular weight excluding hydrogens is 382 g/mol. The average molecular weight is 393 g/mol. The van der Waals surface area contributed by atoms with E-state index in [1.54, 1.807) is 54.6 Å². The Morgan fingerprint density at radius 3 is 1.92 bits per heavy atom. The first kappa shape index (κ1) is 19.3. The zero-order valence-corrected chi connectivity index (χ0v) is 17.3. The second kappa shape index (κ2) is 7.63. The van der Waals surface area contributed by atoms with E-state index in [9.17, 15) is 9.90 Å². The van der Waals surface area contributed by atoms with Gasteiger partial charge >= 0.3 is 29.6 Å². The monoisotopic (exact) mass is 392 g/mol. The number of carbonyl (C=O) groups excluding carboxylic acids is 1. The first-order chi connectivity index (χ1) is 12.0. The Morgan fingerprint density at radius 2 is 1.38 bits per heavy atom. The molecule has 1 aliphatic rings. The van der Waals surface area contributed by atoms with Gasteiger partial charge in [-0.25, -0.2) is 0 Å². The first-order valence-electron chi connectivity index (χ1n) is 7.61. The molecule has 0 spiro atoms. The summed E-state index contributed by atoms with van der Waals surface area (Å²) >= 11 is 12.4. The SMILES string of the molecule is O=C([O-])c1ccccc1C1c2cc(Cl)ccc2Oc2ccc(Cl)cc21.[Na+]. The van der Waals surface area contributed by atoms with Crippen molar-refractivity contribution in [3.8, 4) is 11.5 Å². The van der Waals surface area contributed by atoms with E-state index >= 15 is 0 Å². The van der Waals surface area contributed by atoms with Crippen LogP contribution in [0.1, 0.15) is 33.0 Å². The smallest absolute Gasteiger partial charge is 0.545 e. The van der Waals surface area contributed by atoms with Gasteiger partial charge in [-0.3, -0.25) is 0 Å². The van der Waals surface area contributed by atoms with Gasteiger partial charge < -0.3 is 14.6 Å². The minimum absolute atomic E-state index is 0. The molecule has 4 rings (SSSR count). The minimum Gasteiger partial charge on any atom is -0.545 e. The molecule has 0 saturated heterocycles. The average Bonchev–Trinajstić information content (AvgIpc) is 2.60. The molecular formula is C20H11Cl2NaO3. The van der Waals surface area contributed by atoms with Crippen LogP contribution in [0.25, 0.3) is 0 Å². The number of rotatable bonds is 2. The van der Waals surface area contributed by atoms with Gasteiger partial charge in [0.05, 0.1) is 5.97 Å². The second-order valence-corrected chi connectivity index (χ2v) is 6.65. The Hall–Kier alpha value is -1.49. The molecule has 3 aromatic carbocycles. The van der Waals surface area contributed by atoms with E-state index in [-0.39, 0.29) is 41.0 Å². The molecule has 0 aromatic heterocycles. The van der Waals surface area contributed by atoms with Gasteiger partial charge in [-0.2, -0.15) is 0 Å². The van der Waals surface area contributed by atoms with Gasteiger partial charge in [0.25, 0.3) is 0 Å². The van der Waals surface area contributed by atoms with E-state index in [0.29, 0.717) is 27.1 Å². The van der Waals surface area contributed by atoms with Crippen molar-refractivity contribution >= 4 is 29.2 Å². The molecule has 1 heterocycles. The van der Waals surface area contributed by atoms with Crippen LogP contribution in [0.2, 0.25) is 10.0 Å². The fraction of sp³-hybridized carbons (Fsp3) is 0.0500. The molecule has 0 atom stereocenters. The molecule has 124 valence electrons. The molecule has 0 fully saturated rings. The summed E-state index contributed by atoms with van der Waals surface area (Å²) in [5.41, 5.74) is 2.32. The van der Waals surface area contributed by atoms with Gasteiger partial charge in [-0.15, -0.1) is 0 Å². The maximum absolute atomic E-state index is 11.6. The Kier molecular flexibility index (Phi) is 5.66. The van der Waals surface area contributed by atoms with Crippen molar-refractivity contribution in [1.82, 2.24) is 0 Å². The van der Waals surface area contributed by atoms with Gasteiger partial charge in [-0.1, -0.05) is 47.5 Å². The van der Waals surface area contributed by atoms with Crippen LogP contribution in [-0.4, -0.2) is 5.97 Å². The molecule has 26 heavy (non-hydrogen) atoms. The molecule has 0 N–H and O–H groups in total. The van der Waals surface area contributed by atoms with Gasteiger partial charge in [0.2, 0.25) is 0 Å². The Morgan fingerprint density at radius 1 is 0.846 bits per heavy atom. The number of aromatic carboxylic acids is 1. The summed E-state index contributed by atoms with van der Waals surface area (Å²) in [6.45, 7) is 0. The van der Waals surface area contributed by atoms with Crippen molar-refractivity contribution in [3.05, 3.63) is 93.0 Å². The van der Waals surface area contributed by atoms with Crippen LogP contribution < -0.4 is 39.4 Å². The molecule has 1 aliphatic heterocycles. The molecule has 3 aromatic rings. The predicted octanol–water partition coefficient (Wildman–Crippen LogP) is 1.65. The molecule has 6 heteroatoms. The number of carboxylic acids is 1. The summed E-state index contributed by atoms with van der Waals surface area (Å²) < 4.78 is 5.96. The minimum atomic E-state index is -1.23. The third-order valence-corrected chi connectivity index (χ3v) is 4.75. The number of fused-ring (bicyclic) bond motifs is 2. The zero-order chi connectivity index (χ0) is 17.6. The third kappa shape index (κ3) is 3.38. The first-order valence-corrected chi connectivity index (χ1v) is 8.37. The standard InChI is InChI=1S/C20H12Cl2O3.Na/c21-11-5-7-17-15(9-11)19(13-3-1-2-4-14(13)20(23)24)16-10-12(22)6-8-18(16)25-17;/h1-10,19H,(H,23,24);/q;+1/p-1. The van der Waals surface area contributed by atoms with Crippen molar-refractivity contribution in [1.29, 1.82) is 0 Å². The molecule has 0 amide bonds. The number of hydrogen-bond donors (Lipinski definition) is 0. The van der Waals surface area contributed by atoms with E-state index in [4.69, 9.17) is 27.9 Å². The van der Waals surface area contributed by atoms with Crippen LogP contribution in [0.3, 0.4) is 0 Å². The fourth-order valence-corrected chi connectivity index (χ4v) is 3.59. The molecule has 0 bridgehead atoms. The van der Waals surface area contributed by atoms with Crippen molar-refractivity contribution in [2.24, 2.45) is 0 Å². The van der Waals surface area contributed by atoms with Crippen molar-refractivity contribution in [2.75, 3.05) is 0 Å². The molecule has 0 radical (unpaired) electrons. The van der Waals surface area contributed by atoms with E-state index in [2.05, 4.69) is 0 Å². The van der Waals surface area contributed by atoms with Crippen LogP contribution in [0.5, 0.6) is 11.5 Å². The molecule has 0 saturated carbocycles. The summed E-state index contributed by atoms with van der Waals surface area (Å²) in [7, 11) is 0. The van der Waals surface area contributed by atoms with Gasteiger partial charge in [0, 0.05) is 32.7 Å². The number of ether oxygens (including phenoxy) is 1. The van der Waals surface area contributed by atoms with Gasteiger partial charge in [-0.05, 0) is 42.0 Å². The van der Waals surface area contributed by atoms with E-state index < -0.39 is 5.97 Å². The predicted molar refractivity (Wildman–Crippen MR) is 94.7 cm³/mol. The summed E-state index contributed by atoms with van der Waals surface area (Å²) in [5, 5.41) is 12.7. The van der Waals surface area contributed by atoms with Crippen LogP contribution in [0, 0.1) is 0 Å². The van der Waals surface area contributed by atoms with Crippen molar-refractivity contribution in [2.45, 2.75) is 5.92 Å². The maximum atomic E-state index is 11.6. The topological polar surface area (TPSA) is 49.4 Å². The van der Waals surface area contributed by atoms with E-state index in [1.807, 2.05) is 0 Å². The number of carbonyl (C=O) groups is 1. The number of halogens is 2. The van der Waals surface area contributed by atoms with Crippen LogP contribution >= 0.6 is 23.2 Å². The quantitative estimate of drug-likeness (QED) is 0.487. The number of carboxylic acid groups (broad SMARTS) is 1. The summed E-state index contributed by atoms with van der Waals surface area (Å²) in [6, 6.07) is 17.4. The molecule has 0 unspecified atom stereocenters. The molecule has 3 nitrogen and oxygen atoms in total. The number of hydrogen-bond acceptors (Lipinski definition) is 3. The normalized spacial score (nSPS) is 12.4. The van der Waals surface area contributed by atoms with Crippen LogP contribution in [-0.2, 0) is 0 Å². The Bertz CT molecular complexity index is 953. The van der Waals surface area contributed by atoms with Crippen molar-refractivity contribution < 1.29 is 44.2 Å². The molecule has 0 aliphatic carbocycles. The summed E-state index contributed by atoms with van der Waals surface area (Å²) in [5.74, 6) is -0.325. The van der Waals surface area contributed by atoms with E-state index in [0.717, 1.165) is 11.1 Å². The summed E-state index contributed by atoms with van der Waals surface area (Å²) in [6.07, 6.45) is 0. The number of benzene rings is 3. The van der Waals surface area contributed by atoms with Gasteiger partial charge in [0.15, 0.2) is 0 Å². The van der Waals surface area contributed by atoms with Crippen LogP contribution in [0.15, 0.2) is 60.7 Å². The third-order valence-electron chi connectivity index (χ3n) is 4.28. The van der Waals surface area contributed by atoms with Crippen molar-refractivity contribution in [3.63, 3.8) is 0 Å². The largest absolute Gasteiger partial charge is 1.00 e. The second-order valence-electron chi connectivity index (χ2n) is 5.77. The Labute approximate surface area is 182 Å².